The van der Waals surface area contributed by atoms with Crippen molar-refractivity contribution in [2.75, 3.05) is 27.5 Å². The molecule has 3 aromatic rings. The van der Waals surface area contributed by atoms with Gasteiger partial charge < -0.3 is 29.7 Å². The number of amides is 1. The number of carbonyl (C=O) groups excluding carboxylic acids is 1. The number of nitrogens with one attached hydrogen (secondary N) is 1. The Morgan fingerprint density at radius 3 is 2.59 bits per heavy atom. The average Bonchev–Trinajstić information content (AvgIpc) is 3.55. The second-order valence-electron chi connectivity index (χ2n) is 13.0. The molecule has 13 heteroatoms. The van der Waals surface area contributed by atoms with Gasteiger partial charge in [-0.2, -0.15) is 18.4 Å². The van der Waals surface area contributed by atoms with E-state index in [1.54, 1.807) is 6.92 Å². The first-order chi connectivity index (χ1) is 23.3. The summed E-state index contributed by atoms with van der Waals surface area (Å²) in [6.07, 6.45) is -1.28. The first-order valence-corrected chi connectivity index (χ1v) is 15.9. The molecule has 4 aliphatic rings. The van der Waals surface area contributed by atoms with Crippen molar-refractivity contribution in [1.29, 1.82) is 5.26 Å². The summed E-state index contributed by atoms with van der Waals surface area (Å²) in [6.45, 7) is 3.51. The molecule has 0 aliphatic carbocycles. The van der Waals surface area contributed by atoms with Gasteiger partial charge in [0, 0.05) is 47.0 Å². The monoisotopic (exact) mass is 676 g/mol. The Morgan fingerprint density at radius 2 is 1.88 bits per heavy atom. The van der Waals surface area contributed by atoms with Crippen LogP contribution in [0, 0.1) is 25.2 Å². The first kappa shape index (κ1) is 32.6. The van der Waals surface area contributed by atoms with Gasteiger partial charge in [0.15, 0.2) is 23.0 Å². The molecule has 3 N–H and O–H groups in total. The molecule has 3 aromatic carbocycles. The van der Waals surface area contributed by atoms with E-state index in [1.807, 2.05) is 20.0 Å². The molecule has 0 saturated carbocycles. The highest BCUT2D eigenvalue weighted by atomic mass is 19.4. The van der Waals surface area contributed by atoms with E-state index in [0.717, 1.165) is 29.3 Å². The molecule has 2 unspecified atom stereocenters. The SMILES string of the molecule is COc1c(C)cc2c(c1O)C1C3Cc4c(O)c(C)c5c(c4[C@H](CNC(=O)/C=C/c4cccc(C(F)(F)F)c4)N3[C@@H](C#N)[C@H](C2)N1C)OCO5. The summed E-state index contributed by atoms with van der Waals surface area (Å²) in [4.78, 5) is 17.4. The van der Waals surface area contributed by atoms with Crippen LogP contribution in [-0.4, -0.2) is 71.5 Å². The Hall–Kier alpha value is -4.93. The molecule has 0 radical (unpaired) electrons. The number of phenolic OH excluding ortho intramolecular Hbond substituents is 2. The summed E-state index contributed by atoms with van der Waals surface area (Å²) in [7, 11) is 3.44. The largest absolute Gasteiger partial charge is 0.507 e. The maximum atomic E-state index is 13.2. The van der Waals surface area contributed by atoms with Gasteiger partial charge >= 0.3 is 6.18 Å². The summed E-state index contributed by atoms with van der Waals surface area (Å²) in [5.41, 5.74) is 3.48. The molecule has 4 aliphatic heterocycles. The number of nitrogens with zero attached hydrogens (tertiary/aromatic N) is 3. The number of methoxy groups -OCH3 is 1. The van der Waals surface area contributed by atoms with Crippen LogP contribution in [-0.2, 0) is 23.8 Å². The summed E-state index contributed by atoms with van der Waals surface area (Å²) in [5.74, 6) is 0.695. The van der Waals surface area contributed by atoms with E-state index >= 15 is 0 Å². The fourth-order valence-corrected chi connectivity index (χ4v) is 8.29. The van der Waals surface area contributed by atoms with E-state index in [4.69, 9.17) is 14.2 Å². The van der Waals surface area contributed by atoms with E-state index < -0.39 is 41.8 Å². The molecule has 2 bridgehead atoms. The highest BCUT2D eigenvalue weighted by Crippen LogP contribution is 2.58. The van der Waals surface area contributed by atoms with Crippen molar-refractivity contribution in [2.45, 2.75) is 63.1 Å². The van der Waals surface area contributed by atoms with Gasteiger partial charge in [0.05, 0.1) is 30.8 Å². The molecule has 1 saturated heterocycles. The van der Waals surface area contributed by atoms with Crippen molar-refractivity contribution in [3.63, 3.8) is 0 Å². The number of aromatic hydroxyl groups is 2. The number of phenols is 2. The third kappa shape index (κ3) is 5.12. The molecule has 4 heterocycles. The van der Waals surface area contributed by atoms with Gasteiger partial charge in [0.25, 0.3) is 0 Å². The summed E-state index contributed by atoms with van der Waals surface area (Å²) < 4.78 is 57.0. The van der Waals surface area contributed by atoms with Crippen molar-refractivity contribution in [1.82, 2.24) is 15.1 Å². The topological polar surface area (TPSA) is 128 Å². The minimum absolute atomic E-state index is 0.0229. The molecule has 1 fully saturated rings. The summed E-state index contributed by atoms with van der Waals surface area (Å²) in [5, 5.41) is 36.8. The maximum absolute atomic E-state index is 13.2. The zero-order valence-corrected chi connectivity index (χ0v) is 27.3. The van der Waals surface area contributed by atoms with Crippen molar-refractivity contribution in [3.05, 3.63) is 80.9 Å². The van der Waals surface area contributed by atoms with Crippen molar-refractivity contribution >= 4 is 12.0 Å². The van der Waals surface area contributed by atoms with E-state index in [0.29, 0.717) is 52.3 Å². The highest BCUT2D eigenvalue weighted by Gasteiger charge is 2.56. The lowest BCUT2D eigenvalue weighted by atomic mass is 9.71. The number of likely N-dealkylation sites (N-methyl/N-ethyl adjacent to an activating group) is 1. The van der Waals surface area contributed by atoms with Crippen LogP contribution in [0.15, 0.2) is 36.4 Å². The lowest BCUT2D eigenvalue weighted by Gasteiger charge is -2.60. The van der Waals surface area contributed by atoms with Gasteiger partial charge in [-0.1, -0.05) is 18.2 Å². The Bertz CT molecular complexity index is 1940. The third-order valence-electron chi connectivity index (χ3n) is 10.4. The predicted molar refractivity (Wildman–Crippen MR) is 171 cm³/mol. The molecule has 1 amide bonds. The first-order valence-electron chi connectivity index (χ1n) is 15.9. The Labute approximate surface area is 280 Å². The van der Waals surface area contributed by atoms with E-state index in [9.17, 15) is 33.4 Å². The molecule has 0 spiro atoms. The van der Waals surface area contributed by atoms with Crippen molar-refractivity contribution in [3.8, 4) is 34.8 Å². The van der Waals surface area contributed by atoms with Crippen LogP contribution in [0.1, 0.15) is 56.6 Å². The van der Waals surface area contributed by atoms with Crippen LogP contribution in [0.3, 0.4) is 0 Å². The number of benzene rings is 3. The number of rotatable bonds is 5. The van der Waals surface area contributed by atoms with Crippen molar-refractivity contribution < 1.29 is 42.4 Å². The number of fused-ring (bicyclic) bond motifs is 9. The molecule has 7 rings (SSSR count). The van der Waals surface area contributed by atoms with Crippen LogP contribution < -0.4 is 19.5 Å². The molecule has 256 valence electrons. The Morgan fingerprint density at radius 1 is 1.12 bits per heavy atom. The normalized spacial score (nSPS) is 24.2. The molecule has 49 heavy (non-hydrogen) atoms. The van der Waals surface area contributed by atoms with Crippen LogP contribution in [0.25, 0.3) is 6.08 Å². The van der Waals surface area contributed by atoms with Gasteiger partial charge in [0.1, 0.15) is 11.8 Å². The van der Waals surface area contributed by atoms with Gasteiger partial charge in [-0.3, -0.25) is 14.6 Å². The molecular formula is C36H35F3N4O6. The number of hydrogen-bond donors (Lipinski definition) is 3. The van der Waals surface area contributed by atoms with E-state index in [-0.39, 0.29) is 36.4 Å². The van der Waals surface area contributed by atoms with Crippen LogP contribution in [0.4, 0.5) is 13.2 Å². The lowest BCUT2D eigenvalue weighted by molar-refractivity contribution is -0.137. The third-order valence-corrected chi connectivity index (χ3v) is 10.4. The maximum Gasteiger partial charge on any atom is 0.416 e. The number of alkyl halides is 3. The fraction of sp³-hybridized carbons (Fsp3) is 0.389. The van der Waals surface area contributed by atoms with Crippen LogP contribution in [0.2, 0.25) is 0 Å². The average molecular weight is 677 g/mol. The second-order valence-corrected chi connectivity index (χ2v) is 13.0. The number of carbonyl (C=O) groups is 1. The molecule has 5 atom stereocenters. The standard InChI is InChI=1S/C36H35F3N4O6/c1-17-10-20-12-23-25(14-40)43-24(30(42(23)3)28(20)32(46)33(17)47-4)13-22-29(35-34(48-16-49-35)18(2)31(22)45)26(43)15-41-27(44)9-8-19-6-5-7-21(11-19)36(37,38)39/h5-11,23-26,30,45-46H,12-13,15-16H2,1-4H3,(H,41,44)/b9-8+/t23-,24?,25-,26-,30?/m0/s1. The lowest BCUT2D eigenvalue weighted by Crippen LogP contribution is -2.68. The van der Waals surface area contributed by atoms with Gasteiger partial charge in [0.2, 0.25) is 12.7 Å². The van der Waals surface area contributed by atoms with Crippen LogP contribution in [0.5, 0.6) is 28.7 Å². The Kier molecular flexibility index (Phi) is 7.91. The number of ether oxygens (including phenoxy) is 3. The van der Waals surface area contributed by atoms with E-state index in [2.05, 4.69) is 21.2 Å². The predicted octanol–water partition coefficient (Wildman–Crippen LogP) is 5.07. The second kappa shape index (κ2) is 11.9. The van der Waals surface area contributed by atoms with E-state index in [1.165, 1.54) is 25.3 Å². The number of nitriles is 1. The number of hydrogen-bond acceptors (Lipinski definition) is 9. The van der Waals surface area contributed by atoms with Gasteiger partial charge in [-0.05, 0) is 68.6 Å². The molecule has 10 nitrogen and oxygen atoms in total. The molecular weight excluding hydrogens is 641 g/mol. The number of aryl methyl sites for hydroxylation is 1. The van der Waals surface area contributed by atoms with Crippen molar-refractivity contribution in [2.24, 2.45) is 0 Å². The number of halogens is 3. The van der Waals surface area contributed by atoms with Crippen LogP contribution >= 0.6 is 0 Å². The smallest absolute Gasteiger partial charge is 0.416 e. The summed E-state index contributed by atoms with van der Waals surface area (Å²) >= 11 is 0. The zero-order valence-electron chi connectivity index (χ0n) is 27.3. The van der Waals surface area contributed by atoms with Gasteiger partial charge in [-0.15, -0.1) is 0 Å². The quantitative estimate of drug-likeness (QED) is 0.318. The minimum atomic E-state index is -4.52. The fourth-order valence-electron chi connectivity index (χ4n) is 8.29. The van der Waals surface area contributed by atoms with Gasteiger partial charge in [-0.25, -0.2) is 0 Å². The highest BCUT2D eigenvalue weighted by molar-refractivity contribution is 5.91. The minimum Gasteiger partial charge on any atom is -0.507 e. The Balaban J connectivity index is 1.31. The zero-order chi connectivity index (χ0) is 34.9. The number of piperazine rings is 1. The molecule has 0 aromatic heterocycles. The summed E-state index contributed by atoms with van der Waals surface area (Å²) in [6, 6.07) is 6.70.